The van der Waals surface area contributed by atoms with Crippen LogP contribution >= 0.6 is 0 Å². The molecule has 0 atom stereocenters. The molecular weight excluding hydrogens is 360 g/mol. The maximum atomic E-state index is 13.0. The summed E-state index contributed by atoms with van der Waals surface area (Å²) in [6.07, 6.45) is 0. The van der Waals surface area contributed by atoms with Crippen LogP contribution in [0.5, 0.6) is 5.75 Å². The van der Waals surface area contributed by atoms with Crippen LogP contribution in [0, 0.1) is 20.8 Å². The van der Waals surface area contributed by atoms with Crippen molar-refractivity contribution >= 4 is 10.0 Å². The van der Waals surface area contributed by atoms with Crippen LogP contribution in [0.3, 0.4) is 0 Å². The number of ether oxygens (including phenoxy) is 1. The van der Waals surface area contributed by atoms with Gasteiger partial charge in [0.15, 0.2) is 0 Å². The highest BCUT2D eigenvalue weighted by molar-refractivity contribution is 7.89. The summed E-state index contributed by atoms with van der Waals surface area (Å²) in [6, 6.07) is 11.7. The van der Waals surface area contributed by atoms with Crippen LogP contribution in [0.2, 0.25) is 0 Å². The van der Waals surface area contributed by atoms with Crippen LogP contribution in [-0.4, -0.2) is 50.9 Å². The average molecular weight is 389 g/mol. The predicted octanol–water partition coefficient (Wildman–Crippen LogP) is 3.13. The van der Waals surface area contributed by atoms with E-state index < -0.39 is 10.0 Å². The van der Waals surface area contributed by atoms with Gasteiger partial charge in [-0.25, -0.2) is 8.42 Å². The third-order valence-corrected chi connectivity index (χ3v) is 7.17. The Morgan fingerprint density at radius 1 is 0.926 bits per heavy atom. The molecule has 6 heteroatoms. The summed E-state index contributed by atoms with van der Waals surface area (Å²) >= 11 is 0. The van der Waals surface area contributed by atoms with Gasteiger partial charge >= 0.3 is 0 Å². The largest absolute Gasteiger partial charge is 0.496 e. The van der Waals surface area contributed by atoms with Gasteiger partial charge in [-0.1, -0.05) is 35.4 Å². The molecule has 0 radical (unpaired) electrons. The number of benzene rings is 2. The maximum absolute atomic E-state index is 13.0. The quantitative estimate of drug-likeness (QED) is 0.790. The lowest BCUT2D eigenvalue weighted by Gasteiger charge is -2.34. The van der Waals surface area contributed by atoms with E-state index in [1.54, 1.807) is 17.5 Å². The molecule has 0 aromatic heterocycles. The van der Waals surface area contributed by atoms with E-state index in [1.807, 2.05) is 38.1 Å². The number of aryl methyl sites for hydroxylation is 3. The molecule has 0 spiro atoms. The summed E-state index contributed by atoms with van der Waals surface area (Å²) in [4.78, 5) is 2.70. The summed E-state index contributed by atoms with van der Waals surface area (Å²) in [5, 5.41) is 0. The first kappa shape index (κ1) is 19.9. The number of nitrogens with zero attached hydrogens (tertiary/aromatic N) is 2. The lowest BCUT2D eigenvalue weighted by molar-refractivity contribution is 0.180. The van der Waals surface area contributed by atoms with E-state index >= 15 is 0 Å². The molecule has 146 valence electrons. The Hall–Kier alpha value is -1.89. The summed E-state index contributed by atoms with van der Waals surface area (Å²) < 4.78 is 33.1. The molecule has 0 saturated carbocycles. The van der Waals surface area contributed by atoms with Crippen molar-refractivity contribution in [1.29, 1.82) is 0 Å². The molecule has 0 aliphatic carbocycles. The summed E-state index contributed by atoms with van der Waals surface area (Å²) in [5.41, 5.74) is 4.22. The lowest BCUT2D eigenvalue weighted by Crippen LogP contribution is -2.48. The Labute approximate surface area is 162 Å². The highest BCUT2D eigenvalue weighted by Gasteiger charge is 2.29. The van der Waals surface area contributed by atoms with Crippen LogP contribution in [0.1, 0.15) is 22.3 Å². The smallest absolute Gasteiger partial charge is 0.243 e. The molecule has 0 unspecified atom stereocenters. The number of sulfonamides is 1. The van der Waals surface area contributed by atoms with E-state index in [-0.39, 0.29) is 0 Å². The number of hydrogen-bond acceptors (Lipinski definition) is 4. The van der Waals surface area contributed by atoms with Gasteiger partial charge in [-0.3, -0.25) is 4.90 Å². The van der Waals surface area contributed by atoms with Crippen molar-refractivity contribution in [3.63, 3.8) is 0 Å². The minimum absolute atomic E-state index is 0.418. The molecule has 0 amide bonds. The van der Waals surface area contributed by atoms with Gasteiger partial charge in [0.25, 0.3) is 0 Å². The van der Waals surface area contributed by atoms with E-state index in [4.69, 9.17) is 4.74 Å². The monoisotopic (exact) mass is 388 g/mol. The summed E-state index contributed by atoms with van der Waals surface area (Å²) in [7, 11) is -1.76. The number of hydrogen-bond donors (Lipinski definition) is 0. The van der Waals surface area contributed by atoms with Gasteiger partial charge < -0.3 is 4.74 Å². The molecule has 1 saturated heterocycles. The van der Waals surface area contributed by atoms with Gasteiger partial charge in [0, 0.05) is 38.3 Å². The fourth-order valence-corrected chi connectivity index (χ4v) is 5.26. The minimum Gasteiger partial charge on any atom is -0.496 e. The number of methoxy groups -OCH3 is 1. The Morgan fingerprint density at radius 3 is 2.19 bits per heavy atom. The van der Waals surface area contributed by atoms with E-state index in [0.29, 0.717) is 31.1 Å². The van der Waals surface area contributed by atoms with E-state index in [1.165, 1.54) is 5.56 Å². The van der Waals surface area contributed by atoms with Crippen LogP contribution in [0.15, 0.2) is 41.3 Å². The van der Waals surface area contributed by atoms with Crippen molar-refractivity contribution in [2.45, 2.75) is 32.2 Å². The maximum Gasteiger partial charge on any atom is 0.243 e. The number of rotatable bonds is 5. The van der Waals surface area contributed by atoms with E-state index in [0.717, 1.165) is 29.0 Å². The van der Waals surface area contributed by atoms with E-state index in [9.17, 15) is 8.42 Å². The SMILES string of the molecule is COc1ccc(C)cc1CN1CCN(S(=O)(=O)c2ccc(C)cc2C)CC1. The highest BCUT2D eigenvalue weighted by Crippen LogP contribution is 2.25. The molecule has 2 aromatic carbocycles. The first-order chi connectivity index (χ1) is 12.8. The van der Waals surface area contributed by atoms with Crippen molar-refractivity contribution in [1.82, 2.24) is 9.21 Å². The molecule has 1 fully saturated rings. The Morgan fingerprint density at radius 2 is 1.56 bits per heavy atom. The summed E-state index contributed by atoms with van der Waals surface area (Å²) in [6.45, 7) is 9.09. The molecule has 0 bridgehead atoms. The summed E-state index contributed by atoms with van der Waals surface area (Å²) in [5.74, 6) is 0.880. The lowest BCUT2D eigenvalue weighted by atomic mass is 10.1. The van der Waals surface area contributed by atoms with Gasteiger partial charge in [-0.15, -0.1) is 0 Å². The molecule has 1 aliphatic heterocycles. The number of piperazine rings is 1. The molecule has 1 aliphatic rings. The Bertz CT molecular complexity index is 917. The molecule has 27 heavy (non-hydrogen) atoms. The first-order valence-corrected chi connectivity index (χ1v) is 10.7. The van der Waals surface area contributed by atoms with Crippen molar-refractivity contribution in [2.75, 3.05) is 33.3 Å². The van der Waals surface area contributed by atoms with Gasteiger partial charge in [0.05, 0.1) is 12.0 Å². The van der Waals surface area contributed by atoms with Crippen molar-refractivity contribution in [3.8, 4) is 5.75 Å². The van der Waals surface area contributed by atoms with Gasteiger partial charge in [-0.2, -0.15) is 4.31 Å². The molecule has 0 N–H and O–H groups in total. The van der Waals surface area contributed by atoms with Crippen molar-refractivity contribution in [2.24, 2.45) is 0 Å². The molecule has 3 rings (SSSR count). The van der Waals surface area contributed by atoms with Crippen LogP contribution in [0.25, 0.3) is 0 Å². The average Bonchev–Trinajstić information content (AvgIpc) is 2.62. The predicted molar refractivity (Wildman–Crippen MR) is 108 cm³/mol. The Balaban J connectivity index is 1.69. The van der Waals surface area contributed by atoms with Gasteiger partial charge in [-0.05, 0) is 38.5 Å². The van der Waals surface area contributed by atoms with Crippen molar-refractivity contribution < 1.29 is 13.2 Å². The van der Waals surface area contributed by atoms with E-state index in [2.05, 4.69) is 17.9 Å². The molecule has 2 aromatic rings. The topological polar surface area (TPSA) is 49.9 Å². The highest BCUT2D eigenvalue weighted by atomic mass is 32.2. The van der Waals surface area contributed by atoms with Crippen LogP contribution < -0.4 is 4.74 Å². The fraction of sp³-hybridized carbons (Fsp3) is 0.429. The molecular formula is C21H28N2O3S. The minimum atomic E-state index is -3.44. The third-order valence-electron chi connectivity index (χ3n) is 5.11. The molecule has 5 nitrogen and oxygen atoms in total. The van der Waals surface area contributed by atoms with Crippen molar-refractivity contribution in [3.05, 3.63) is 58.7 Å². The zero-order valence-corrected chi connectivity index (χ0v) is 17.3. The second kappa shape index (κ2) is 8.00. The van der Waals surface area contributed by atoms with Crippen LogP contribution in [-0.2, 0) is 16.6 Å². The second-order valence-electron chi connectivity index (χ2n) is 7.26. The van der Waals surface area contributed by atoms with Gasteiger partial charge in [0.2, 0.25) is 10.0 Å². The second-order valence-corrected chi connectivity index (χ2v) is 9.17. The first-order valence-electron chi connectivity index (χ1n) is 9.24. The van der Waals surface area contributed by atoms with Crippen LogP contribution in [0.4, 0.5) is 0 Å². The fourth-order valence-electron chi connectivity index (χ4n) is 3.63. The van der Waals surface area contributed by atoms with Gasteiger partial charge in [0.1, 0.15) is 5.75 Å². The molecule has 1 heterocycles. The zero-order chi connectivity index (χ0) is 19.6. The zero-order valence-electron chi connectivity index (χ0n) is 16.5. The normalized spacial score (nSPS) is 16.4. The Kier molecular flexibility index (Phi) is 5.89. The third kappa shape index (κ3) is 4.34. The standard InChI is InChI=1S/C21H28N2O3S/c1-16-6-8-21(18(3)13-16)27(24,25)23-11-9-22(10-12-23)15-19-14-17(2)5-7-20(19)26-4/h5-8,13-14H,9-12,15H2,1-4H3.